The van der Waals surface area contributed by atoms with Crippen molar-refractivity contribution in [3.63, 3.8) is 0 Å². The van der Waals surface area contributed by atoms with Gasteiger partial charge in [-0.1, -0.05) is 54.1 Å². The van der Waals surface area contributed by atoms with E-state index in [9.17, 15) is 0 Å². The van der Waals surface area contributed by atoms with E-state index >= 15 is 0 Å². The van der Waals surface area contributed by atoms with Crippen LogP contribution in [0.15, 0.2) is 84.5 Å². The molecule has 0 saturated carbocycles. The monoisotopic (exact) mass is 358 g/mol. The minimum absolute atomic E-state index is 1.07. The first kappa shape index (κ1) is 14.5. The van der Waals surface area contributed by atoms with Crippen molar-refractivity contribution in [1.82, 2.24) is 9.55 Å². The van der Waals surface area contributed by atoms with Crippen molar-refractivity contribution < 1.29 is 0 Å². The van der Waals surface area contributed by atoms with Crippen molar-refractivity contribution in [3.8, 4) is 5.69 Å². The molecule has 3 aromatic carbocycles. The van der Waals surface area contributed by atoms with Gasteiger partial charge in [-0.3, -0.25) is 0 Å². The van der Waals surface area contributed by atoms with E-state index in [4.69, 9.17) is 0 Å². The second-order valence-electron chi connectivity index (χ2n) is 7.88. The lowest BCUT2D eigenvalue weighted by Gasteiger charge is -2.11. The predicted molar refractivity (Wildman–Crippen MR) is 117 cm³/mol. The molecule has 0 unspecified atom stereocenters. The van der Waals surface area contributed by atoms with Gasteiger partial charge in [0.1, 0.15) is 0 Å². The van der Waals surface area contributed by atoms with E-state index in [0.29, 0.717) is 0 Å². The molecule has 2 heteroatoms. The van der Waals surface area contributed by atoms with Crippen molar-refractivity contribution in [2.45, 2.75) is 12.8 Å². The molecule has 28 heavy (non-hydrogen) atoms. The molecule has 2 nitrogen and oxygen atoms in total. The molecular formula is C26H18N2. The molecule has 0 fully saturated rings. The van der Waals surface area contributed by atoms with E-state index in [1.165, 1.54) is 55.2 Å². The third-order valence-corrected chi connectivity index (χ3v) is 6.39. The van der Waals surface area contributed by atoms with E-state index in [1.807, 2.05) is 0 Å². The summed E-state index contributed by atoms with van der Waals surface area (Å²) < 4.78 is 2.47. The van der Waals surface area contributed by atoms with Gasteiger partial charge in [-0.25, -0.2) is 0 Å². The lowest BCUT2D eigenvalue weighted by atomic mass is 10.0. The molecule has 0 saturated heterocycles. The quantitative estimate of drug-likeness (QED) is 0.351. The van der Waals surface area contributed by atoms with Crippen molar-refractivity contribution >= 4 is 38.3 Å². The van der Waals surface area contributed by atoms with Gasteiger partial charge >= 0.3 is 0 Å². The van der Waals surface area contributed by atoms with Crippen molar-refractivity contribution in [3.05, 3.63) is 95.7 Å². The summed E-state index contributed by atoms with van der Waals surface area (Å²) in [7, 11) is 0. The Morgan fingerprint density at radius 3 is 2.57 bits per heavy atom. The lowest BCUT2D eigenvalue weighted by molar-refractivity contribution is 1.08. The number of aromatic amines is 1. The van der Waals surface area contributed by atoms with Crippen molar-refractivity contribution in [2.24, 2.45) is 0 Å². The normalized spacial score (nSPS) is 15.3. The number of aromatic nitrogens is 2. The molecule has 0 radical (unpaired) electrons. The zero-order valence-corrected chi connectivity index (χ0v) is 15.4. The summed E-state index contributed by atoms with van der Waals surface area (Å²) in [6.07, 6.45) is 6.79. The molecule has 2 heterocycles. The van der Waals surface area contributed by atoms with Crippen LogP contribution in [0, 0.1) is 0 Å². The summed E-state index contributed by atoms with van der Waals surface area (Å²) in [5, 5.41) is 4.01. The number of fused-ring (bicyclic) bond motifs is 7. The van der Waals surface area contributed by atoms with Gasteiger partial charge in [-0.2, -0.15) is 0 Å². The number of nitrogens with one attached hydrogen (secondary N) is 1. The SMILES string of the molecule is C1=CC2=C(C1)Cc1c2n(-c2ccccc2)c2cc3[nH]c4ccccc4c3cc12. The van der Waals surface area contributed by atoms with Crippen LogP contribution in [0.3, 0.4) is 0 Å². The molecule has 0 atom stereocenters. The van der Waals surface area contributed by atoms with Crippen LogP contribution in [0.25, 0.3) is 44.0 Å². The van der Waals surface area contributed by atoms with E-state index in [2.05, 4.69) is 88.4 Å². The highest BCUT2D eigenvalue weighted by Crippen LogP contribution is 2.46. The van der Waals surface area contributed by atoms with Crippen LogP contribution < -0.4 is 0 Å². The van der Waals surface area contributed by atoms with Crippen LogP contribution in [0.5, 0.6) is 0 Å². The maximum Gasteiger partial charge on any atom is 0.0575 e. The fraction of sp³-hybridized carbons (Fsp3) is 0.0769. The number of benzene rings is 3. The second kappa shape index (κ2) is 5.05. The largest absolute Gasteiger partial charge is 0.354 e. The first-order valence-electron chi connectivity index (χ1n) is 9.90. The van der Waals surface area contributed by atoms with Gasteiger partial charge < -0.3 is 9.55 Å². The summed E-state index contributed by atoms with van der Waals surface area (Å²) in [4.78, 5) is 3.62. The number of H-pyrrole nitrogens is 1. The minimum Gasteiger partial charge on any atom is -0.354 e. The van der Waals surface area contributed by atoms with E-state index in [-0.39, 0.29) is 0 Å². The van der Waals surface area contributed by atoms with Crippen molar-refractivity contribution in [1.29, 1.82) is 0 Å². The first-order valence-corrected chi connectivity index (χ1v) is 9.90. The Balaban J connectivity index is 1.66. The Bertz CT molecular complexity index is 1490. The fourth-order valence-corrected chi connectivity index (χ4v) is 5.18. The summed E-state index contributed by atoms with van der Waals surface area (Å²) in [6, 6.07) is 24.1. The van der Waals surface area contributed by atoms with Crippen LogP contribution in [0.1, 0.15) is 17.7 Å². The molecule has 2 aliphatic carbocycles. The zero-order chi connectivity index (χ0) is 18.2. The van der Waals surface area contributed by atoms with Gasteiger partial charge in [0, 0.05) is 32.9 Å². The molecular weight excluding hydrogens is 340 g/mol. The number of para-hydroxylation sites is 2. The average molecular weight is 358 g/mol. The Hall–Kier alpha value is -3.52. The topological polar surface area (TPSA) is 20.7 Å². The van der Waals surface area contributed by atoms with Crippen LogP contribution in [-0.2, 0) is 6.42 Å². The van der Waals surface area contributed by atoms with Crippen LogP contribution >= 0.6 is 0 Å². The average Bonchev–Trinajstić information content (AvgIpc) is 3.46. The predicted octanol–water partition coefficient (Wildman–Crippen LogP) is 6.53. The minimum atomic E-state index is 1.07. The molecule has 5 aromatic rings. The molecule has 0 spiro atoms. The highest BCUT2D eigenvalue weighted by molar-refractivity contribution is 6.13. The molecule has 0 amide bonds. The second-order valence-corrected chi connectivity index (χ2v) is 7.88. The van der Waals surface area contributed by atoms with Gasteiger partial charge in [0.05, 0.1) is 11.2 Å². The van der Waals surface area contributed by atoms with E-state index < -0.39 is 0 Å². The summed E-state index contributed by atoms with van der Waals surface area (Å²) in [6.45, 7) is 0. The third-order valence-electron chi connectivity index (χ3n) is 6.39. The Labute approximate surface area is 162 Å². The smallest absolute Gasteiger partial charge is 0.0575 e. The van der Waals surface area contributed by atoms with Gasteiger partial charge in [-0.05, 0) is 54.3 Å². The number of hydrogen-bond acceptors (Lipinski definition) is 0. The molecule has 7 rings (SSSR count). The molecule has 0 aliphatic heterocycles. The molecule has 2 aliphatic rings. The van der Waals surface area contributed by atoms with Gasteiger partial charge in [-0.15, -0.1) is 0 Å². The molecule has 0 bridgehead atoms. The van der Waals surface area contributed by atoms with E-state index in [1.54, 1.807) is 5.57 Å². The summed E-state index contributed by atoms with van der Waals surface area (Å²) in [5.74, 6) is 0. The number of rotatable bonds is 1. The molecule has 132 valence electrons. The highest BCUT2D eigenvalue weighted by Gasteiger charge is 2.30. The fourth-order valence-electron chi connectivity index (χ4n) is 5.18. The molecule has 1 N–H and O–H groups in total. The standard InChI is InChI=1S/C26H18N2/c1-2-8-17(9-3-1)28-25-15-24-20(19-10-4-5-12-23(19)27-24)14-21(25)22-13-16-7-6-11-18(16)26(22)28/h1-6,8-12,14-15,27H,7,13H2. The summed E-state index contributed by atoms with van der Waals surface area (Å²) >= 11 is 0. The maximum atomic E-state index is 3.62. The van der Waals surface area contributed by atoms with Crippen LogP contribution in [0.2, 0.25) is 0 Å². The third kappa shape index (κ3) is 1.73. The maximum absolute atomic E-state index is 3.62. The van der Waals surface area contributed by atoms with Crippen LogP contribution in [-0.4, -0.2) is 9.55 Å². The van der Waals surface area contributed by atoms with Crippen molar-refractivity contribution in [2.75, 3.05) is 0 Å². The number of nitrogens with zero attached hydrogens (tertiary/aromatic N) is 1. The number of hydrogen-bond donors (Lipinski definition) is 1. The molecule has 2 aromatic heterocycles. The van der Waals surface area contributed by atoms with Gasteiger partial charge in [0.15, 0.2) is 0 Å². The number of allylic oxidation sites excluding steroid dienone is 4. The van der Waals surface area contributed by atoms with Gasteiger partial charge in [0.25, 0.3) is 0 Å². The summed E-state index contributed by atoms with van der Waals surface area (Å²) in [5.41, 5.74) is 10.8. The highest BCUT2D eigenvalue weighted by atomic mass is 15.0. The Morgan fingerprint density at radius 1 is 0.786 bits per heavy atom. The first-order chi connectivity index (χ1) is 13.9. The lowest BCUT2D eigenvalue weighted by Crippen LogP contribution is -1.98. The zero-order valence-electron chi connectivity index (χ0n) is 15.4. The van der Waals surface area contributed by atoms with E-state index in [0.717, 1.165) is 12.8 Å². The van der Waals surface area contributed by atoms with Gasteiger partial charge in [0.2, 0.25) is 0 Å². The van der Waals surface area contributed by atoms with Crippen LogP contribution in [0.4, 0.5) is 0 Å². The Kier molecular flexibility index (Phi) is 2.62. The Morgan fingerprint density at radius 2 is 1.64 bits per heavy atom.